The van der Waals surface area contributed by atoms with E-state index in [1.807, 2.05) is 42.5 Å². The van der Waals surface area contributed by atoms with Crippen LogP contribution < -0.4 is 9.47 Å². The van der Waals surface area contributed by atoms with Gasteiger partial charge in [0.25, 0.3) is 0 Å². The lowest BCUT2D eigenvalue weighted by molar-refractivity contribution is 0.141. The third kappa shape index (κ3) is 4.39. The topological polar surface area (TPSA) is 104 Å². The Hall–Kier alpha value is -3.92. The fourth-order valence-corrected chi connectivity index (χ4v) is 5.65. The first-order valence-electron chi connectivity index (χ1n) is 11.6. The molecule has 10 heteroatoms. The van der Waals surface area contributed by atoms with E-state index in [1.165, 1.54) is 9.80 Å². The third-order valence-electron chi connectivity index (χ3n) is 6.31. The van der Waals surface area contributed by atoms with Gasteiger partial charge in [-0.15, -0.1) is 11.3 Å². The molecular formula is C26H29N3O6S. The van der Waals surface area contributed by atoms with Crippen LogP contribution >= 0.6 is 11.3 Å². The Labute approximate surface area is 212 Å². The van der Waals surface area contributed by atoms with Crippen LogP contribution in [0.4, 0.5) is 9.59 Å². The minimum absolute atomic E-state index is 0.116. The zero-order valence-electron chi connectivity index (χ0n) is 20.6. The lowest BCUT2D eigenvalue weighted by Gasteiger charge is -2.21. The van der Waals surface area contributed by atoms with Gasteiger partial charge in [-0.3, -0.25) is 4.40 Å². The van der Waals surface area contributed by atoms with Crippen molar-refractivity contribution in [1.82, 2.24) is 14.2 Å². The van der Waals surface area contributed by atoms with Crippen LogP contribution in [0.1, 0.15) is 25.0 Å². The van der Waals surface area contributed by atoms with Crippen LogP contribution in [0, 0.1) is 0 Å². The SMILES string of the molecule is CCN(Cc1c(CN(CC)C(=O)O)c2sc3ccccc3n2c1-c1ccc(OC)c(OC)c1)C(=O)O. The Balaban J connectivity index is 2.09. The van der Waals surface area contributed by atoms with E-state index in [-0.39, 0.29) is 13.1 Å². The first-order valence-corrected chi connectivity index (χ1v) is 12.4. The predicted octanol–water partition coefficient (Wildman–Crippen LogP) is 5.84. The molecule has 0 bridgehead atoms. The van der Waals surface area contributed by atoms with Crippen molar-refractivity contribution in [1.29, 1.82) is 0 Å². The lowest BCUT2D eigenvalue weighted by atomic mass is 10.0. The highest BCUT2D eigenvalue weighted by atomic mass is 32.1. The molecule has 0 saturated heterocycles. The Kier molecular flexibility index (Phi) is 7.25. The Morgan fingerprint density at radius 1 is 0.889 bits per heavy atom. The van der Waals surface area contributed by atoms with Crippen LogP contribution in [0.15, 0.2) is 42.5 Å². The van der Waals surface area contributed by atoms with Gasteiger partial charge in [-0.05, 0) is 44.2 Å². The number of rotatable bonds is 9. The number of carbonyl (C=O) groups is 2. The van der Waals surface area contributed by atoms with Crippen LogP contribution in [0.3, 0.4) is 0 Å². The number of para-hydroxylation sites is 1. The molecular weight excluding hydrogens is 482 g/mol. The third-order valence-corrected chi connectivity index (χ3v) is 7.49. The number of aromatic nitrogens is 1. The van der Waals surface area contributed by atoms with Gasteiger partial charge in [0.05, 0.1) is 43.2 Å². The van der Waals surface area contributed by atoms with Crippen molar-refractivity contribution in [3.63, 3.8) is 0 Å². The molecule has 4 rings (SSSR count). The summed E-state index contributed by atoms with van der Waals surface area (Å²) in [4.78, 5) is 27.5. The number of ether oxygens (including phenoxy) is 2. The van der Waals surface area contributed by atoms with Crippen LogP contribution in [0.2, 0.25) is 0 Å². The lowest BCUT2D eigenvalue weighted by Crippen LogP contribution is -2.31. The van der Waals surface area contributed by atoms with Crippen molar-refractivity contribution in [2.24, 2.45) is 0 Å². The number of carboxylic acid groups (broad SMARTS) is 2. The summed E-state index contributed by atoms with van der Waals surface area (Å²) in [5.74, 6) is 1.12. The second-order valence-electron chi connectivity index (χ2n) is 8.18. The summed E-state index contributed by atoms with van der Waals surface area (Å²) in [7, 11) is 3.14. The first-order chi connectivity index (χ1) is 17.3. The standard InChI is InChI=1S/C26H29N3O6S/c1-5-27(25(30)31)14-17-18(15-28(6-2)26(32)33)24-29(19-9-7-8-10-22(19)36-24)23(17)16-11-12-20(34-3)21(13-16)35-4/h7-13H,5-6,14-15H2,1-4H3,(H,30,31)(H,32,33). The number of amides is 2. The maximum Gasteiger partial charge on any atom is 0.407 e. The van der Waals surface area contributed by atoms with Crippen molar-refractivity contribution >= 4 is 38.6 Å². The van der Waals surface area contributed by atoms with Gasteiger partial charge in [-0.2, -0.15) is 0 Å². The molecule has 0 fully saturated rings. The maximum atomic E-state index is 12.0. The van der Waals surface area contributed by atoms with Crippen molar-refractivity contribution < 1.29 is 29.3 Å². The second-order valence-corrected chi connectivity index (χ2v) is 9.21. The van der Waals surface area contributed by atoms with Crippen LogP contribution in [-0.2, 0) is 13.1 Å². The van der Waals surface area contributed by atoms with E-state index in [1.54, 1.807) is 39.4 Å². The molecule has 2 aromatic carbocycles. The fraction of sp³-hybridized carbons (Fsp3) is 0.308. The van der Waals surface area contributed by atoms with E-state index < -0.39 is 12.2 Å². The molecule has 9 nitrogen and oxygen atoms in total. The van der Waals surface area contributed by atoms with Crippen LogP contribution in [0.25, 0.3) is 26.3 Å². The molecule has 0 aliphatic rings. The minimum Gasteiger partial charge on any atom is -0.493 e. The van der Waals surface area contributed by atoms with E-state index in [0.717, 1.165) is 37.4 Å². The van der Waals surface area contributed by atoms with Crippen molar-refractivity contribution in [3.8, 4) is 22.8 Å². The molecule has 0 radical (unpaired) electrons. The van der Waals surface area contributed by atoms with Gasteiger partial charge in [0, 0.05) is 29.8 Å². The van der Waals surface area contributed by atoms with E-state index in [0.29, 0.717) is 24.6 Å². The molecule has 0 unspecified atom stereocenters. The smallest absolute Gasteiger partial charge is 0.407 e. The van der Waals surface area contributed by atoms with Gasteiger partial charge >= 0.3 is 12.2 Å². The number of fused-ring (bicyclic) bond motifs is 3. The summed E-state index contributed by atoms with van der Waals surface area (Å²) in [5.41, 5.74) is 4.14. The molecule has 36 heavy (non-hydrogen) atoms. The second kappa shape index (κ2) is 10.4. The molecule has 0 aliphatic carbocycles. The number of thiazole rings is 1. The molecule has 0 spiro atoms. The predicted molar refractivity (Wildman–Crippen MR) is 140 cm³/mol. The average Bonchev–Trinajstić information content (AvgIpc) is 3.38. The number of hydrogen-bond acceptors (Lipinski definition) is 5. The Morgan fingerprint density at radius 3 is 2.08 bits per heavy atom. The molecule has 190 valence electrons. The normalized spacial score (nSPS) is 11.1. The van der Waals surface area contributed by atoms with Gasteiger partial charge in [-0.25, -0.2) is 9.59 Å². The van der Waals surface area contributed by atoms with Gasteiger partial charge < -0.3 is 29.5 Å². The van der Waals surface area contributed by atoms with Gasteiger partial charge in [0.1, 0.15) is 4.83 Å². The maximum absolute atomic E-state index is 12.0. The summed E-state index contributed by atoms with van der Waals surface area (Å²) in [5, 5.41) is 19.6. The largest absolute Gasteiger partial charge is 0.493 e. The minimum atomic E-state index is -1.04. The van der Waals surface area contributed by atoms with E-state index >= 15 is 0 Å². The summed E-state index contributed by atoms with van der Waals surface area (Å²) >= 11 is 1.56. The zero-order chi connectivity index (χ0) is 26.0. The van der Waals surface area contributed by atoms with Crippen LogP contribution in [-0.4, -0.2) is 63.9 Å². The van der Waals surface area contributed by atoms with Crippen LogP contribution in [0.5, 0.6) is 11.5 Å². The van der Waals surface area contributed by atoms with Crippen molar-refractivity contribution in [3.05, 3.63) is 53.6 Å². The van der Waals surface area contributed by atoms with E-state index in [4.69, 9.17) is 9.47 Å². The molecule has 4 aromatic rings. The molecule has 2 heterocycles. The monoisotopic (exact) mass is 511 g/mol. The van der Waals surface area contributed by atoms with E-state index in [9.17, 15) is 19.8 Å². The van der Waals surface area contributed by atoms with Gasteiger partial charge in [0.15, 0.2) is 11.5 Å². The first kappa shape index (κ1) is 25.2. The molecule has 0 aliphatic heterocycles. The highest BCUT2D eigenvalue weighted by Crippen LogP contribution is 2.42. The number of hydrogen-bond donors (Lipinski definition) is 2. The Morgan fingerprint density at radius 2 is 1.50 bits per heavy atom. The van der Waals surface area contributed by atoms with Gasteiger partial charge in [0.2, 0.25) is 0 Å². The van der Waals surface area contributed by atoms with E-state index in [2.05, 4.69) is 4.40 Å². The van der Waals surface area contributed by atoms with Crippen molar-refractivity contribution in [2.75, 3.05) is 27.3 Å². The number of nitrogens with zero attached hydrogens (tertiary/aromatic N) is 3. The highest BCUT2D eigenvalue weighted by molar-refractivity contribution is 7.24. The number of benzene rings is 2. The number of methoxy groups -OCH3 is 2. The average molecular weight is 512 g/mol. The summed E-state index contributed by atoms with van der Waals surface area (Å²) in [6, 6.07) is 13.6. The molecule has 2 amide bonds. The molecule has 0 saturated carbocycles. The Bertz CT molecular complexity index is 1430. The zero-order valence-corrected chi connectivity index (χ0v) is 21.5. The summed E-state index contributed by atoms with van der Waals surface area (Å²) in [6.07, 6.45) is -2.06. The fourth-order valence-electron chi connectivity index (χ4n) is 4.44. The highest BCUT2D eigenvalue weighted by Gasteiger charge is 2.28. The molecule has 0 atom stereocenters. The summed E-state index contributed by atoms with van der Waals surface area (Å²) < 4.78 is 14.1. The van der Waals surface area contributed by atoms with Crippen molar-refractivity contribution in [2.45, 2.75) is 26.9 Å². The quantitative estimate of drug-likeness (QED) is 0.293. The van der Waals surface area contributed by atoms with Gasteiger partial charge in [-0.1, -0.05) is 12.1 Å². The molecule has 2 aromatic heterocycles. The molecule has 2 N–H and O–H groups in total. The summed E-state index contributed by atoms with van der Waals surface area (Å²) in [6.45, 7) is 4.43.